The summed E-state index contributed by atoms with van der Waals surface area (Å²) in [6, 6.07) is 0. The van der Waals surface area contributed by atoms with Crippen molar-refractivity contribution in [3.63, 3.8) is 0 Å². The highest BCUT2D eigenvalue weighted by molar-refractivity contribution is 7.11. The molecule has 0 saturated heterocycles. The van der Waals surface area contributed by atoms with Crippen molar-refractivity contribution in [2.24, 2.45) is 0 Å². The van der Waals surface area contributed by atoms with Crippen molar-refractivity contribution in [2.45, 2.75) is 27.7 Å². The lowest BCUT2D eigenvalue weighted by Crippen LogP contribution is -2.05. The van der Waals surface area contributed by atoms with Gasteiger partial charge < -0.3 is 10.3 Å². The minimum Gasteiger partial charge on any atom is -0.364 e. The van der Waals surface area contributed by atoms with Gasteiger partial charge in [0.15, 0.2) is 5.78 Å². The first-order valence-corrected chi connectivity index (χ1v) is 8.72. The van der Waals surface area contributed by atoms with Gasteiger partial charge in [-0.15, -0.1) is 11.3 Å². The number of H-pyrrole nitrogens is 1. The van der Waals surface area contributed by atoms with E-state index in [0.717, 1.165) is 33.1 Å². The number of aromatic amines is 1. The van der Waals surface area contributed by atoms with Gasteiger partial charge in [-0.25, -0.2) is 4.98 Å². The number of aryl methyl sites for hydroxylation is 1. The number of Topliss-reactive ketones (excluding diaryl/α,β-unsaturated/α-hetero) is 1. The Morgan fingerprint density at radius 3 is 2.76 bits per heavy atom. The molecule has 0 radical (unpaired) electrons. The minimum atomic E-state index is -0.123. The van der Waals surface area contributed by atoms with Crippen LogP contribution in [0.2, 0.25) is 0 Å². The molecule has 0 bridgehead atoms. The molecule has 2 aromatic rings. The molecule has 25 heavy (non-hydrogen) atoms. The van der Waals surface area contributed by atoms with Crippen molar-refractivity contribution in [1.82, 2.24) is 15.3 Å². The predicted molar refractivity (Wildman–Crippen MR) is 103 cm³/mol. The number of thiazole rings is 1. The van der Waals surface area contributed by atoms with Gasteiger partial charge in [0.1, 0.15) is 5.01 Å². The Bertz CT molecular complexity index is 869. The monoisotopic (exact) mass is 355 g/mol. The standard InChI is InChI=1S/C19H21N3O2S/c1-5-6-16-13(3)21-9-17(16)18-10-25-19(22-18)12(2)7-15(14(4)24)8-20-11-23/h5-11,21H,1-4H3,(H,20,23)/b6-5-,12-7+,15-8+. The Balaban J connectivity index is 2.36. The van der Waals surface area contributed by atoms with Crippen LogP contribution < -0.4 is 5.32 Å². The van der Waals surface area contributed by atoms with Crippen LogP contribution in [0.25, 0.3) is 22.9 Å². The fourth-order valence-electron chi connectivity index (χ4n) is 2.37. The SMILES string of the molecule is C/C=C\c1c(-c2csc(/C(C)=C/C(=C\NC=O)C(C)=O)n2)c[nH]c1C. The van der Waals surface area contributed by atoms with Gasteiger partial charge in [-0.3, -0.25) is 9.59 Å². The highest BCUT2D eigenvalue weighted by Crippen LogP contribution is 2.31. The predicted octanol–water partition coefficient (Wildman–Crippen LogP) is 4.10. The summed E-state index contributed by atoms with van der Waals surface area (Å²) in [5.74, 6) is -0.123. The van der Waals surface area contributed by atoms with Crippen molar-refractivity contribution in [3.05, 3.63) is 51.8 Å². The zero-order chi connectivity index (χ0) is 18.4. The second kappa shape index (κ2) is 8.39. The Labute approximate surface area is 151 Å². The van der Waals surface area contributed by atoms with Crippen LogP contribution in [0.4, 0.5) is 0 Å². The van der Waals surface area contributed by atoms with Gasteiger partial charge in [0, 0.05) is 40.2 Å². The highest BCUT2D eigenvalue weighted by atomic mass is 32.1. The molecule has 0 unspecified atom stereocenters. The molecule has 2 aromatic heterocycles. The van der Waals surface area contributed by atoms with Crippen LogP contribution in [0.15, 0.2) is 35.5 Å². The number of rotatable bonds is 7. The van der Waals surface area contributed by atoms with Crippen molar-refractivity contribution in [1.29, 1.82) is 0 Å². The minimum absolute atomic E-state index is 0.123. The summed E-state index contributed by atoms with van der Waals surface area (Å²) in [7, 11) is 0. The van der Waals surface area contributed by atoms with E-state index in [4.69, 9.17) is 4.98 Å². The van der Waals surface area contributed by atoms with E-state index in [2.05, 4.69) is 16.4 Å². The fraction of sp³-hybridized carbons (Fsp3) is 0.211. The summed E-state index contributed by atoms with van der Waals surface area (Å²) in [5.41, 5.74) is 5.45. The van der Waals surface area contributed by atoms with E-state index in [1.54, 1.807) is 6.08 Å². The molecule has 6 heteroatoms. The molecule has 0 aliphatic rings. The molecule has 2 rings (SSSR count). The molecule has 0 fully saturated rings. The molecule has 0 saturated carbocycles. The third-order valence-corrected chi connectivity index (χ3v) is 4.64. The molecule has 5 nitrogen and oxygen atoms in total. The van der Waals surface area contributed by atoms with Crippen molar-refractivity contribution in [3.8, 4) is 11.3 Å². The Hall–Kier alpha value is -2.73. The van der Waals surface area contributed by atoms with Crippen LogP contribution in [-0.2, 0) is 9.59 Å². The van der Waals surface area contributed by atoms with Crippen molar-refractivity contribution < 1.29 is 9.59 Å². The molecule has 130 valence electrons. The first-order valence-electron chi connectivity index (χ1n) is 7.84. The molecule has 2 N–H and O–H groups in total. The molecule has 1 amide bonds. The molecule has 0 spiro atoms. The molecule has 0 aliphatic heterocycles. The van der Waals surface area contributed by atoms with Gasteiger partial charge in [0.05, 0.1) is 5.69 Å². The molecular formula is C19H21N3O2S. The van der Waals surface area contributed by atoms with E-state index in [-0.39, 0.29) is 5.78 Å². The van der Waals surface area contributed by atoms with Crippen LogP contribution in [-0.4, -0.2) is 22.2 Å². The average molecular weight is 355 g/mol. The smallest absolute Gasteiger partial charge is 0.211 e. The van der Waals surface area contributed by atoms with E-state index in [0.29, 0.717) is 12.0 Å². The number of carbonyl (C=O) groups excluding carboxylic acids is 2. The summed E-state index contributed by atoms with van der Waals surface area (Å²) in [6.07, 6.45) is 9.68. The fourth-order valence-corrected chi connectivity index (χ4v) is 3.17. The number of ketones is 1. The van der Waals surface area contributed by atoms with E-state index in [1.807, 2.05) is 38.4 Å². The van der Waals surface area contributed by atoms with Gasteiger partial charge in [0.2, 0.25) is 6.41 Å². The molecule has 0 aromatic carbocycles. The Morgan fingerprint density at radius 1 is 1.36 bits per heavy atom. The normalized spacial score (nSPS) is 12.6. The third kappa shape index (κ3) is 4.42. The van der Waals surface area contributed by atoms with Crippen LogP contribution in [0, 0.1) is 6.92 Å². The maximum atomic E-state index is 11.7. The lowest BCUT2D eigenvalue weighted by atomic mass is 10.1. The second-order valence-electron chi connectivity index (χ2n) is 5.55. The van der Waals surface area contributed by atoms with Crippen molar-refractivity contribution in [2.75, 3.05) is 0 Å². The number of allylic oxidation sites excluding steroid dienone is 4. The summed E-state index contributed by atoms with van der Waals surface area (Å²) >= 11 is 1.52. The number of nitrogens with zero attached hydrogens (tertiary/aromatic N) is 1. The number of hydrogen-bond acceptors (Lipinski definition) is 4. The van der Waals surface area contributed by atoms with E-state index in [1.165, 1.54) is 24.5 Å². The van der Waals surface area contributed by atoms with Crippen molar-refractivity contribution >= 4 is 35.2 Å². The second-order valence-corrected chi connectivity index (χ2v) is 6.40. The van der Waals surface area contributed by atoms with Gasteiger partial charge in [-0.2, -0.15) is 0 Å². The van der Waals surface area contributed by atoms with Crippen LogP contribution in [0.3, 0.4) is 0 Å². The van der Waals surface area contributed by atoms with Gasteiger partial charge in [-0.05, 0) is 39.3 Å². The summed E-state index contributed by atoms with van der Waals surface area (Å²) in [5, 5.41) is 5.24. The highest BCUT2D eigenvalue weighted by Gasteiger charge is 2.12. The molecular weight excluding hydrogens is 334 g/mol. The van der Waals surface area contributed by atoms with Crippen LogP contribution >= 0.6 is 11.3 Å². The van der Waals surface area contributed by atoms with Gasteiger partial charge in [-0.1, -0.05) is 12.2 Å². The average Bonchev–Trinajstić information content (AvgIpc) is 3.19. The van der Waals surface area contributed by atoms with Gasteiger partial charge >= 0.3 is 0 Å². The lowest BCUT2D eigenvalue weighted by Gasteiger charge is -2.00. The number of nitrogens with one attached hydrogen (secondary N) is 2. The van der Waals surface area contributed by atoms with E-state index in [9.17, 15) is 9.59 Å². The lowest BCUT2D eigenvalue weighted by molar-refractivity contribution is -0.113. The number of amides is 1. The van der Waals surface area contributed by atoms with Crippen LogP contribution in [0.5, 0.6) is 0 Å². The molecule has 0 aliphatic carbocycles. The first kappa shape index (κ1) is 18.6. The maximum Gasteiger partial charge on any atom is 0.211 e. The zero-order valence-corrected chi connectivity index (χ0v) is 15.5. The summed E-state index contributed by atoms with van der Waals surface area (Å²) in [6.45, 7) is 7.37. The molecule has 2 heterocycles. The topological polar surface area (TPSA) is 74.8 Å². The number of aromatic nitrogens is 2. The Kier molecular flexibility index (Phi) is 6.25. The zero-order valence-electron chi connectivity index (χ0n) is 14.7. The largest absolute Gasteiger partial charge is 0.364 e. The van der Waals surface area contributed by atoms with Crippen LogP contribution in [0.1, 0.15) is 37.0 Å². The van der Waals surface area contributed by atoms with Gasteiger partial charge in [0.25, 0.3) is 0 Å². The molecule has 0 atom stereocenters. The summed E-state index contributed by atoms with van der Waals surface area (Å²) < 4.78 is 0. The first-order chi connectivity index (χ1) is 12.0. The number of hydrogen-bond donors (Lipinski definition) is 2. The Morgan fingerprint density at radius 2 is 2.12 bits per heavy atom. The number of carbonyl (C=O) groups is 2. The third-order valence-electron chi connectivity index (χ3n) is 3.66. The maximum absolute atomic E-state index is 11.7. The van der Waals surface area contributed by atoms with E-state index >= 15 is 0 Å². The summed E-state index contributed by atoms with van der Waals surface area (Å²) in [4.78, 5) is 30.0. The quantitative estimate of drug-likeness (QED) is 0.446. The van der Waals surface area contributed by atoms with E-state index < -0.39 is 0 Å².